The Morgan fingerprint density at radius 3 is 2.85 bits per heavy atom. The van der Waals surface area contributed by atoms with Crippen LogP contribution in [-0.2, 0) is 0 Å². The molecule has 1 saturated carbocycles. The van der Waals surface area contributed by atoms with Gasteiger partial charge in [0.05, 0.1) is 29.1 Å². The van der Waals surface area contributed by atoms with E-state index in [1.54, 1.807) is 13.0 Å². The number of carbonyl (C=O) groups is 1. The van der Waals surface area contributed by atoms with Crippen molar-refractivity contribution in [1.82, 2.24) is 20.3 Å². The van der Waals surface area contributed by atoms with Gasteiger partial charge in [-0.25, -0.2) is 4.68 Å². The number of ether oxygens (including phenoxy) is 1. The fraction of sp³-hybridized carbons (Fsp3) is 0.412. The average molecular weight is 377 g/mol. The molecule has 1 aliphatic rings. The van der Waals surface area contributed by atoms with Crippen molar-refractivity contribution in [3.8, 4) is 11.4 Å². The first-order valence-corrected chi connectivity index (χ1v) is 8.67. The van der Waals surface area contributed by atoms with Gasteiger partial charge in [-0.05, 0) is 32.8 Å². The summed E-state index contributed by atoms with van der Waals surface area (Å²) >= 11 is 6.36. The monoisotopic (exact) mass is 376 g/mol. The third-order valence-corrected chi connectivity index (χ3v) is 4.33. The van der Waals surface area contributed by atoms with Crippen molar-refractivity contribution in [3.05, 3.63) is 34.1 Å². The molecule has 1 amide bonds. The van der Waals surface area contributed by atoms with Crippen LogP contribution < -0.4 is 15.2 Å². The lowest BCUT2D eigenvalue weighted by Gasteiger charge is -2.13. The summed E-state index contributed by atoms with van der Waals surface area (Å²) in [5.41, 5.74) is 1.50. The van der Waals surface area contributed by atoms with E-state index in [1.807, 2.05) is 6.92 Å². The van der Waals surface area contributed by atoms with Crippen molar-refractivity contribution in [3.63, 3.8) is 0 Å². The maximum absolute atomic E-state index is 12.2. The molecule has 0 bridgehead atoms. The summed E-state index contributed by atoms with van der Waals surface area (Å²) in [5.74, 6) is -0.314. The van der Waals surface area contributed by atoms with Gasteiger partial charge in [-0.1, -0.05) is 16.8 Å². The second-order valence-corrected chi connectivity index (χ2v) is 6.37. The normalized spacial score (nSPS) is 14.4. The highest BCUT2D eigenvalue weighted by Gasteiger charge is 2.22. The average Bonchev–Trinajstić information content (AvgIpc) is 3.34. The molecule has 2 aromatic rings. The number of hydrogen-bond acceptors (Lipinski definition) is 6. The van der Waals surface area contributed by atoms with Crippen molar-refractivity contribution >= 4 is 23.4 Å². The van der Waals surface area contributed by atoms with Crippen LogP contribution in [0.15, 0.2) is 17.1 Å². The minimum atomic E-state index is -0.377. The zero-order valence-corrected chi connectivity index (χ0v) is 15.5. The van der Waals surface area contributed by atoms with Crippen LogP contribution in [0.3, 0.4) is 0 Å². The minimum Gasteiger partial charge on any atom is -0.857 e. The number of halogens is 1. The summed E-state index contributed by atoms with van der Waals surface area (Å²) in [7, 11) is 1.47. The first kappa shape index (κ1) is 18.2. The van der Waals surface area contributed by atoms with E-state index in [-0.39, 0.29) is 28.6 Å². The molecule has 0 atom stereocenters. The highest BCUT2D eigenvalue weighted by Crippen LogP contribution is 2.30. The van der Waals surface area contributed by atoms with Crippen LogP contribution >= 0.6 is 11.6 Å². The van der Waals surface area contributed by atoms with Crippen molar-refractivity contribution < 1.29 is 14.6 Å². The Morgan fingerprint density at radius 1 is 1.50 bits per heavy atom. The summed E-state index contributed by atoms with van der Waals surface area (Å²) in [6.07, 6.45) is 1.87. The number of aliphatic imine (C=N–C) groups is 1. The molecule has 1 aliphatic carbocycles. The first-order chi connectivity index (χ1) is 12.5. The van der Waals surface area contributed by atoms with Crippen LogP contribution in [0.2, 0.25) is 5.02 Å². The largest absolute Gasteiger partial charge is 0.857 e. The van der Waals surface area contributed by atoms with Gasteiger partial charge in [0.25, 0.3) is 5.91 Å². The van der Waals surface area contributed by atoms with Crippen molar-refractivity contribution in [2.24, 2.45) is 4.99 Å². The maximum Gasteiger partial charge on any atom is 0.255 e. The lowest BCUT2D eigenvalue weighted by atomic mass is 10.1. The predicted molar refractivity (Wildman–Crippen MR) is 95.2 cm³/mol. The molecule has 0 unspecified atom stereocenters. The summed E-state index contributed by atoms with van der Waals surface area (Å²) in [5, 5.41) is 23.2. The van der Waals surface area contributed by atoms with Gasteiger partial charge < -0.3 is 15.2 Å². The molecule has 1 aromatic heterocycles. The van der Waals surface area contributed by atoms with Crippen LogP contribution in [0.5, 0.6) is 5.75 Å². The molecule has 9 heteroatoms. The molecular weight excluding hydrogens is 358 g/mol. The first-order valence-electron chi connectivity index (χ1n) is 8.29. The number of nitrogens with zero attached hydrogens (tertiary/aromatic N) is 4. The van der Waals surface area contributed by atoms with Crippen LogP contribution in [0.4, 0.5) is 0 Å². The van der Waals surface area contributed by atoms with Crippen molar-refractivity contribution in [1.29, 1.82) is 0 Å². The summed E-state index contributed by atoms with van der Waals surface area (Å²) in [6, 6.07) is 3.21. The van der Waals surface area contributed by atoms with Gasteiger partial charge in [0.15, 0.2) is 0 Å². The van der Waals surface area contributed by atoms with Gasteiger partial charge in [-0.15, -0.1) is 5.10 Å². The molecule has 1 N–H and O–H groups in total. The molecule has 8 nitrogen and oxygen atoms in total. The zero-order valence-electron chi connectivity index (χ0n) is 14.7. The molecule has 0 spiro atoms. The molecular formula is C17H19ClN5O3-. The number of nitrogens with one attached hydrogen (secondary N) is 1. The van der Waals surface area contributed by atoms with E-state index in [1.165, 1.54) is 17.9 Å². The van der Waals surface area contributed by atoms with E-state index >= 15 is 0 Å². The van der Waals surface area contributed by atoms with Crippen molar-refractivity contribution in [2.75, 3.05) is 13.7 Å². The SMILES string of the molecule is CCNC(=O)c1cc(Cl)c(-n2nnc(C([O-])=NC3CC3)c2C)cc1OC. The molecule has 138 valence electrons. The summed E-state index contributed by atoms with van der Waals surface area (Å²) < 4.78 is 6.76. The highest BCUT2D eigenvalue weighted by molar-refractivity contribution is 6.33. The number of methoxy groups -OCH3 is 1. The number of benzene rings is 1. The molecule has 1 fully saturated rings. The van der Waals surface area contributed by atoms with Crippen molar-refractivity contribution in [2.45, 2.75) is 32.7 Å². The number of hydrogen-bond donors (Lipinski definition) is 1. The second kappa shape index (κ2) is 7.33. The Morgan fingerprint density at radius 2 is 2.23 bits per heavy atom. The van der Waals surface area contributed by atoms with Crippen LogP contribution in [-0.4, -0.2) is 46.5 Å². The lowest BCUT2D eigenvalue weighted by molar-refractivity contribution is -0.213. The molecule has 1 heterocycles. The van der Waals surface area contributed by atoms with Gasteiger partial charge in [0.1, 0.15) is 11.4 Å². The Balaban J connectivity index is 2.02. The summed E-state index contributed by atoms with van der Waals surface area (Å²) in [4.78, 5) is 16.2. The lowest BCUT2D eigenvalue weighted by Crippen LogP contribution is -2.23. The Bertz CT molecular complexity index is 874. The quantitative estimate of drug-likeness (QED) is 0.603. The van der Waals surface area contributed by atoms with Crippen LogP contribution in [0, 0.1) is 6.92 Å². The van der Waals surface area contributed by atoms with Gasteiger partial charge in [-0.3, -0.25) is 9.79 Å². The maximum atomic E-state index is 12.2. The minimum absolute atomic E-state index is 0.104. The van der Waals surface area contributed by atoms with Crippen LogP contribution in [0.1, 0.15) is 41.5 Å². The molecule has 0 radical (unpaired) electrons. The third-order valence-electron chi connectivity index (χ3n) is 4.02. The standard InChI is InChI=1S/C17H20ClN5O3/c1-4-19-16(24)11-7-12(18)13(8-14(11)26-3)23-9(2)15(21-22-23)17(25)20-10-5-6-10/h7-8,10H,4-6H2,1-3H3,(H,19,24)(H,20,25)/p-1. The highest BCUT2D eigenvalue weighted by atomic mass is 35.5. The topological polar surface area (TPSA) is 104 Å². The third kappa shape index (κ3) is 3.50. The zero-order chi connectivity index (χ0) is 18.8. The van der Waals surface area contributed by atoms with E-state index in [4.69, 9.17) is 16.3 Å². The Hall–Kier alpha value is -2.61. The van der Waals surface area contributed by atoms with Gasteiger partial charge >= 0.3 is 0 Å². The van der Waals surface area contributed by atoms with E-state index in [9.17, 15) is 9.90 Å². The molecule has 0 aliphatic heterocycles. The fourth-order valence-corrected chi connectivity index (χ4v) is 2.74. The number of amides is 1. The Labute approximate surface area is 155 Å². The van der Waals surface area contributed by atoms with E-state index in [2.05, 4.69) is 20.6 Å². The fourth-order valence-electron chi connectivity index (χ4n) is 2.49. The van der Waals surface area contributed by atoms with E-state index < -0.39 is 0 Å². The molecule has 3 rings (SSSR count). The Kier molecular flexibility index (Phi) is 5.13. The van der Waals surface area contributed by atoms with Gasteiger partial charge in [-0.2, -0.15) is 0 Å². The number of carbonyl (C=O) groups excluding carboxylic acids is 1. The predicted octanol–water partition coefficient (Wildman–Crippen LogP) is 1.26. The molecule has 26 heavy (non-hydrogen) atoms. The van der Waals surface area contributed by atoms with Gasteiger partial charge in [0, 0.05) is 24.6 Å². The number of rotatable bonds is 6. The summed E-state index contributed by atoms with van der Waals surface area (Å²) in [6.45, 7) is 4.03. The second-order valence-electron chi connectivity index (χ2n) is 5.96. The van der Waals surface area contributed by atoms with Crippen LogP contribution in [0.25, 0.3) is 5.69 Å². The van der Waals surface area contributed by atoms with Gasteiger partial charge in [0.2, 0.25) is 0 Å². The number of aromatic nitrogens is 3. The van der Waals surface area contributed by atoms with E-state index in [0.29, 0.717) is 29.2 Å². The molecule has 0 saturated heterocycles. The van der Waals surface area contributed by atoms with E-state index in [0.717, 1.165) is 12.8 Å². The smallest absolute Gasteiger partial charge is 0.255 e. The molecule has 1 aromatic carbocycles.